The number of allylic oxidation sites excluding steroid dienone is 1. The molecule has 17 heavy (non-hydrogen) atoms. The summed E-state index contributed by atoms with van der Waals surface area (Å²) in [7, 11) is 0. The van der Waals surface area contributed by atoms with Gasteiger partial charge in [-0.05, 0) is 22.9 Å². The molecule has 0 spiro atoms. The smallest absolute Gasteiger partial charge is 0.225 e. The van der Waals surface area contributed by atoms with Crippen LogP contribution in [0.4, 0.5) is 0 Å². The topological polar surface area (TPSA) is 29.1 Å². The largest absolute Gasteiger partial charge is 0.325 e. The highest BCUT2D eigenvalue weighted by Crippen LogP contribution is 2.32. The van der Waals surface area contributed by atoms with E-state index in [1.165, 1.54) is 4.88 Å². The van der Waals surface area contributed by atoms with Crippen molar-refractivity contribution in [1.29, 1.82) is 0 Å². The molecule has 0 aromatic carbocycles. The lowest BCUT2D eigenvalue weighted by Crippen LogP contribution is -2.27. The van der Waals surface area contributed by atoms with Gasteiger partial charge >= 0.3 is 0 Å². The second kappa shape index (κ2) is 4.47. The van der Waals surface area contributed by atoms with Crippen LogP contribution in [0, 0.1) is 0 Å². The maximum absolute atomic E-state index is 11.7. The average Bonchev–Trinajstić information content (AvgIpc) is 3.02. The van der Waals surface area contributed by atoms with Crippen molar-refractivity contribution in [1.82, 2.24) is 5.32 Å². The molecule has 1 atom stereocenters. The van der Waals surface area contributed by atoms with Gasteiger partial charge in [0.2, 0.25) is 5.91 Å². The van der Waals surface area contributed by atoms with Gasteiger partial charge in [0.25, 0.3) is 0 Å². The molecular formula is C13H11NOS2. The number of carbonyl (C=O) groups excluding carboxylic acids is 1. The first-order valence-corrected chi connectivity index (χ1v) is 7.18. The molecule has 86 valence electrons. The fourth-order valence-corrected chi connectivity index (χ4v) is 3.47. The Morgan fingerprint density at radius 1 is 1.18 bits per heavy atom. The number of carbonyl (C=O) groups is 1. The molecule has 2 nitrogen and oxygen atoms in total. The predicted octanol–water partition coefficient (Wildman–Crippen LogP) is 3.45. The molecule has 0 fully saturated rings. The third-order valence-corrected chi connectivity index (χ3v) is 4.65. The van der Waals surface area contributed by atoms with Gasteiger partial charge in [-0.1, -0.05) is 18.2 Å². The highest BCUT2D eigenvalue weighted by molar-refractivity contribution is 7.11. The summed E-state index contributed by atoms with van der Waals surface area (Å²) in [6, 6.07) is 8.16. The predicted molar refractivity (Wildman–Crippen MR) is 72.1 cm³/mol. The van der Waals surface area contributed by atoms with Crippen LogP contribution in [-0.2, 0) is 4.79 Å². The Labute approximate surface area is 108 Å². The summed E-state index contributed by atoms with van der Waals surface area (Å²) in [5.74, 6) is 0.329. The van der Waals surface area contributed by atoms with Crippen LogP contribution in [0.2, 0.25) is 0 Å². The third-order valence-electron chi connectivity index (χ3n) is 2.74. The second-order valence-electron chi connectivity index (χ2n) is 3.93. The molecule has 1 N–H and O–H groups in total. The fourth-order valence-electron chi connectivity index (χ4n) is 1.96. The standard InChI is InChI=1S/C13H11NOS2/c15-13-8-9(11-3-1-5-16-11)7-10(14-13)12-4-2-6-17-12/h1-7,9H,8H2,(H,14,15). The molecule has 0 bridgehead atoms. The molecule has 2 aromatic heterocycles. The van der Waals surface area contributed by atoms with Crippen LogP contribution in [-0.4, -0.2) is 5.91 Å². The molecule has 3 heterocycles. The van der Waals surface area contributed by atoms with E-state index >= 15 is 0 Å². The Balaban J connectivity index is 1.96. The van der Waals surface area contributed by atoms with Crippen molar-refractivity contribution >= 4 is 34.3 Å². The van der Waals surface area contributed by atoms with E-state index < -0.39 is 0 Å². The Kier molecular flexibility index (Phi) is 2.82. The fraction of sp³-hybridized carbons (Fsp3) is 0.154. The summed E-state index contributed by atoms with van der Waals surface area (Å²) < 4.78 is 0. The third kappa shape index (κ3) is 2.18. The first kappa shape index (κ1) is 10.7. The van der Waals surface area contributed by atoms with Crippen molar-refractivity contribution < 1.29 is 4.79 Å². The normalized spacial score (nSPS) is 19.9. The van der Waals surface area contributed by atoms with Crippen molar-refractivity contribution in [2.24, 2.45) is 0 Å². The van der Waals surface area contributed by atoms with E-state index in [1.807, 2.05) is 23.6 Å². The van der Waals surface area contributed by atoms with E-state index in [2.05, 4.69) is 22.8 Å². The van der Waals surface area contributed by atoms with E-state index in [-0.39, 0.29) is 11.8 Å². The van der Waals surface area contributed by atoms with Crippen molar-refractivity contribution in [2.45, 2.75) is 12.3 Å². The summed E-state index contributed by atoms with van der Waals surface area (Å²) in [6.07, 6.45) is 2.72. The molecule has 0 saturated carbocycles. The zero-order valence-corrected chi connectivity index (χ0v) is 10.7. The SMILES string of the molecule is O=C1CC(c2cccs2)C=C(c2cccs2)N1. The number of thiophene rings is 2. The molecule has 1 aliphatic rings. The van der Waals surface area contributed by atoms with Crippen LogP contribution in [0.15, 0.2) is 41.1 Å². The second-order valence-corrected chi connectivity index (χ2v) is 5.86. The average molecular weight is 261 g/mol. The highest BCUT2D eigenvalue weighted by Gasteiger charge is 2.22. The van der Waals surface area contributed by atoms with Crippen molar-refractivity contribution in [3.8, 4) is 0 Å². The summed E-state index contributed by atoms with van der Waals surface area (Å²) in [4.78, 5) is 14.1. The zero-order valence-electron chi connectivity index (χ0n) is 9.05. The number of hydrogen-bond acceptors (Lipinski definition) is 3. The lowest BCUT2D eigenvalue weighted by molar-refractivity contribution is -0.120. The molecule has 1 unspecified atom stereocenters. The lowest BCUT2D eigenvalue weighted by atomic mass is 9.98. The first-order chi connectivity index (χ1) is 8.33. The monoisotopic (exact) mass is 261 g/mol. The van der Waals surface area contributed by atoms with Crippen LogP contribution < -0.4 is 5.32 Å². The molecule has 3 rings (SSSR count). The number of nitrogens with one attached hydrogen (secondary N) is 1. The maximum Gasteiger partial charge on any atom is 0.225 e. The molecule has 4 heteroatoms. The van der Waals surface area contributed by atoms with Crippen LogP contribution in [0.1, 0.15) is 22.1 Å². The van der Waals surface area contributed by atoms with Crippen molar-refractivity contribution in [3.63, 3.8) is 0 Å². The van der Waals surface area contributed by atoms with Gasteiger partial charge in [-0.3, -0.25) is 4.79 Å². The molecule has 0 aliphatic carbocycles. The van der Waals surface area contributed by atoms with Gasteiger partial charge in [-0.2, -0.15) is 0 Å². The minimum absolute atomic E-state index is 0.106. The van der Waals surface area contributed by atoms with Gasteiger partial charge in [-0.25, -0.2) is 0 Å². The molecule has 0 radical (unpaired) electrons. The van der Waals surface area contributed by atoms with Crippen LogP contribution >= 0.6 is 22.7 Å². The van der Waals surface area contributed by atoms with Gasteiger partial charge in [0.1, 0.15) is 0 Å². The number of amides is 1. The van der Waals surface area contributed by atoms with E-state index in [4.69, 9.17) is 0 Å². The summed E-state index contributed by atoms with van der Waals surface area (Å²) >= 11 is 3.36. The van der Waals surface area contributed by atoms with Gasteiger partial charge in [0.15, 0.2) is 0 Å². The van der Waals surface area contributed by atoms with Crippen molar-refractivity contribution in [2.75, 3.05) is 0 Å². The lowest BCUT2D eigenvalue weighted by Gasteiger charge is -2.20. The Morgan fingerprint density at radius 3 is 2.71 bits per heavy atom. The Morgan fingerprint density at radius 2 is 2.00 bits per heavy atom. The number of hydrogen-bond donors (Lipinski definition) is 1. The highest BCUT2D eigenvalue weighted by atomic mass is 32.1. The Bertz CT molecular complexity index is 540. The van der Waals surface area contributed by atoms with Crippen LogP contribution in [0.5, 0.6) is 0 Å². The molecule has 0 saturated heterocycles. The van der Waals surface area contributed by atoms with Crippen LogP contribution in [0.25, 0.3) is 5.70 Å². The minimum Gasteiger partial charge on any atom is -0.325 e. The van der Waals surface area contributed by atoms with E-state index in [1.54, 1.807) is 22.7 Å². The van der Waals surface area contributed by atoms with Gasteiger partial charge < -0.3 is 5.32 Å². The molecule has 2 aromatic rings. The van der Waals surface area contributed by atoms with Gasteiger partial charge in [0.05, 0.1) is 10.6 Å². The first-order valence-electron chi connectivity index (χ1n) is 5.42. The van der Waals surface area contributed by atoms with E-state index in [9.17, 15) is 4.79 Å². The van der Waals surface area contributed by atoms with E-state index in [0.717, 1.165) is 10.6 Å². The number of rotatable bonds is 2. The quantitative estimate of drug-likeness (QED) is 0.881. The van der Waals surface area contributed by atoms with Gasteiger partial charge in [-0.15, -0.1) is 22.7 Å². The zero-order chi connectivity index (χ0) is 11.7. The molecular weight excluding hydrogens is 250 g/mol. The van der Waals surface area contributed by atoms with Gasteiger partial charge in [0, 0.05) is 17.2 Å². The van der Waals surface area contributed by atoms with Crippen LogP contribution in [0.3, 0.4) is 0 Å². The molecule has 1 amide bonds. The molecule has 1 aliphatic heterocycles. The maximum atomic E-state index is 11.7. The minimum atomic E-state index is 0.106. The summed E-state index contributed by atoms with van der Waals surface area (Å²) in [5.41, 5.74) is 0.953. The Hall–Kier alpha value is -1.39. The summed E-state index contributed by atoms with van der Waals surface area (Å²) in [6.45, 7) is 0. The van der Waals surface area contributed by atoms with Crippen molar-refractivity contribution in [3.05, 3.63) is 50.9 Å². The summed E-state index contributed by atoms with van der Waals surface area (Å²) in [5, 5.41) is 7.03. The van der Waals surface area contributed by atoms with E-state index in [0.29, 0.717) is 6.42 Å².